The number of nitrogens with zero attached hydrogens (tertiary/aromatic N) is 1. The summed E-state index contributed by atoms with van der Waals surface area (Å²) in [6.07, 6.45) is -4.60. The Morgan fingerprint density at radius 1 is 1.29 bits per heavy atom. The fraction of sp³-hybridized carbons (Fsp3) is 0.300. The highest BCUT2D eigenvalue weighted by Gasteiger charge is 2.51. The predicted molar refractivity (Wildman–Crippen MR) is 57.2 cm³/mol. The lowest BCUT2D eigenvalue weighted by atomic mass is 10.1. The molecular formula is C10H8F4N2S. The zero-order valence-corrected chi connectivity index (χ0v) is 9.49. The van der Waals surface area contributed by atoms with Crippen molar-refractivity contribution in [3.8, 4) is 0 Å². The number of alkyl halides is 3. The van der Waals surface area contributed by atoms with E-state index in [0.29, 0.717) is 10.2 Å². The fourth-order valence-electron chi connectivity index (χ4n) is 1.24. The molecule has 0 aliphatic carbocycles. The van der Waals surface area contributed by atoms with Gasteiger partial charge >= 0.3 is 6.18 Å². The van der Waals surface area contributed by atoms with Gasteiger partial charge in [0.1, 0.15) is 10.8 Å². The monoisotopic (exact) mass is 264 g/mol. The summed E-state index contributed by atoms with van der Waals surface area (Å²) in [7, 11) is 0. The summed E-state index contributed by atoms with van der Waals surface area (Å²) in [6, 6.07) is 3.62. The van der Waals surface area contributed by atoms with Crippen molar-refractivity contribution >= 4 is 21.6 Å². The molecular weight excluding hydrogens is 256 g/mol. The van der Waals surface area contributed by atoms with Crippen LogP contribution in [0.25, 0.3) is 10.2 Å². The third-order valence-corrected chi connectivity index (χ3v) is 3.64. The van der Waals surface area contributed by atoms with Crippen LogP contribution in [0.15, 0.2) is 18.2 Å². The first-order valence-corrected chi connectivity index (χ1v) is 5.45. The second-order valence-corrected chi connectivity index (χ2v) is 4.86. The van der Waals surface area contributed by atoms with Crippen LogP contribution in [0.4, 0.5) is 17.6 Å². The second-order valence-electron chi connectivity index (χ2n) is 3.83. The van der Waals surface area contributed by atoms with Crippen molar-refractivity contribution in [3.63, 3.8) is 0 Å². The Kier molecular flexibility index (Phi) is 2.62. The molecule has 2 rings (SSSR count). The van der Waals surface area contributed by atoms with E-state index in [0.717, 1.165) is 30.4 Å². The molecule has 1 heterocycles. The van der Waals surface area contributed by atoms with E-state index in [1.54, 1.807) is 0 Å². The summed E-state index contributed by atoms with van der Waals surface area (Å²) >= 11 is 0.749. The van der Waals surface area contributed by atoms with Crippen LogP contribution in [0, 0.1) is 5.82 Å². The maximum Gasteiger partial charge on any atom is 0.412 e. The van der Waals surface area contributed by atoms with Gasteiger partial charge in [0.25, 0.3) is 0 Å². The Morgan fingerprint density at radius 3 is 2.53 bits per heavy atom. The van der Waals surface area contributed by atoms with Gasteiger partial charge in [-0.3, -0.25) is 0 Å². The van der Waals surface area contributed by atoms with Gasteiger partial charge in [0, 0.05) is 0 Å². The molecule has 1 aromatic carbocycles. The van der Waals surface area contributed by atoms with Crippen LogP contribution in [0.5, 0.6) is 0 Å². The SMILES string of the molecule is CC(N)(c1nc2ccc(F)cc2s1)C(F)(F)F. The molecule has 0 aliphatic heterocycles. The van der Waals surface area contributed by atoms with Gasteiger partial charge in [0.05, 0.1) is 10.2 Å². The Hall–Kier alpha value is -1.21. The predicted octanol–water partition coefficient (Wildman–Crippen LogP) is 3.17. The Morgan fingerprint density at radius 2 is 1.94 bits per heavy atom. The van der Waals surface area contributed by atoms with Crippen molar-refractivity contribution in [2.24, 2.45) is 5.73 Å². The molecule has 1 unspecified atom stereocenters. The van der Waals surface area contributed by atoms with E-state index in [1.165, 1.54) is 6.07 Å². The molecule has 0 aliphatic rings. The van der Waals surface area contributed by atoms with Crippen LogP contribution >= 0.6 is 11.3 Å². The molecule has 0 bridgehead atoms. The lowest BCUT2D eigenvalue weighted by molar-refractivity contribution is -0.184. The quantitative estimate of drug-likeness (QED) is 0.803. The van der Waals surface area contributed by atoms with Gasteiger partial charge in [-0.1, -0.05) is 0 Å². The van der Waals surface area contributed by atoms with Gasteiger partial charge < -0.3 is 5.73 Å². The molecule has 92 valence electrons. The van der Waals surface area contributed by atoms with Crippen molar-refractivity contribution in [1.29, 1.82) is 0 Å². The molecule has 0 radical (unpaired) electrons. The van der Waals surface area contributed by atoms with Crippen molar-refractivity contribution in [2.45, 2.75) is 18.6 Å². The highest BCUT2D eigenvalue weighted by atomic mass is 32.1. The molecule has 0 saturated heterocycles. The number of fused-ring (bicyclic) bond motifs is 1. The van der Waals surface area contributed by atoms with Gasteiger partial charge in [-0.25, -0.2) is 9.37 Å². The van der Waals surface area contributed by atoms with Gasteiger partial charge in [-0.05, 0) is 25.1 Å². The molecule has 1 aromatic heterocycles. The summed E-state index contributed by atoms with van der Waals surface area (Å²) in [4.78, 5) is 3.80. The number of hydrogen-bond donors (Lipinski definition) is 1. The number of nitrogens with two attached hydrogens (primary N) is 1. The van der Waals surface area contributed by atoms with Crippen LogP contribution in [0.2, 0.25) is 0 Å². The minimum atomic E-state index is -4.60. The molecule has 2 aromatic rings. The second kappa shape index (κ2) is 3.64. The zero-order chi connectivity index (χ0) is 12.8. The van der Waals surface area contributed by atoms with E-state index in [4.69, 9.17) is 5.73 Å². The number of hydrogen-bond acceptors (Lipinski definition) is 3. The van der Waals surface area contributed by atoms with Crippen molar-refractivity contribution in [3.05, 3.63) is 29.0 Å². The van der Waals surface area contributed by atoms with Gasteiger partial charge in [-0.15, -0.1) is 11.3 Å². The highest BCUT2D eigenvalue weighted by molar-refractivity contribution is 7.18. The lowest BCUT2D eigenvalue weighted by Gasteiger charge is -2.24. The smallest absolute Gasteiger partial charge is 0.312 e. The lowest BCUT2D eigenvalue weighted by Crippen LogP contribution is -2.47. The molecule has 0 amide bonds. The first-order valence-electron chi connectivity index (χ1n) is 4.64. The minimum absolute atomic E-state index is 0.273. The van der Waals surface area contributed by atoms with E-state index in [1.807, 2.05) is 0 Å². The molecule has 7 heteroatoms. The normalized spacial score (nSPS) is 16.1. The third-order valence-electron chi connectivity index (χ3n) is 2.38. The summed E-state index contributed by atoms with van der Waals surface area (Å²) in [6.45, 7) is 0.848. The number of rotatable bonds is 1. The van der Waals surface area contributed by atoms with E-state index >= 15 is 0 Å². The van der Waals surface area contributed by atoms with Crippen molar-refractivity contribution in [2.75, 3.05) is 0 Å². The number of halogens is 4. The zero-order valence-electron chi connectivity index (χ0n) is 8.68. The maximum atomic E-state index is 12.9. The molecule has 17 heavy (non-hydrogen) atoms. The average Bonchev–Trinajstić information content (AvgIpc) is 2.58. The van der Waals surface area contributed by atoms with Gasteiger partial charge in [0.15, 0.2) is 5.54 Å². The van der Waals surface area contributed by atoms with Crippen LogP contribution in [0.3, 0.4) is 0 Å². The summed E-state index contributed by atoms with van der Waals surface area (Å²) in [5, 5.41) is -0.273. The van der Waals surface area contributed by atoms with Gasteiger partial charge in [0.2, 0.25) is 0 Å². The van der Waals surface area contributed by atoms with E-state index < -0.39 is 17.5 Å². The molecule has 2 nitrogen and oxygen atoms in total. The van der Waals surface area contributed by atoms with E-state index in [9.17, 15) is 17.6 Å². The van der Waals surface area contributed by atoms with Crippen LogP contribution < -0.4 is 5.73 Å². The first kappa shape index (κ1) is 12.3. The molecule has 0 fully saturated rings. The summed E-state index contributed by atoms with van der Waals surface area (Å²) in [5.74, 6) is -0.515. The average molecular weight is 264 g/mol. The number of benzene rings is 1. The van der Waals surface area contributed by atoms with Gasteiger partial charge in [-0.2, -0.15) is 13.2 Å². The van der Waals surface area contributed by atoms with Crippen LogP contribution in [-0.4, -0.2) is 11.2 Å². The Balaban J connectivity index is 2.57. The maximum absolute atomic E-state index is 12.9. The third kappa shape index (κ3) is 2.00. The van der Waals surface area contributed by atoms with Crippen LogP contribution in [-0.2, 0) is 5.54 Å². The topological polar surface area (TPSA) is 38.9 Å². The first-order chi connectivity index (χ1) is 7.72. The van der Waals surface area contributed by atoms with Crippen molar-refractivity contribution in [1.82, 2.24) is 4.98 Å². The Bertz CT molecular complexity index is 559. The molecule has 0 spiro atoms. The molecule has 0 saturated carbocycles. The highest BCUT2D eigenvalue weighted by Crippen LogP contribution is 2.39. The summed E-state index contributed by atoms with van der Waals surface area (Å²) in [5.41, 5.74) is 3.04. The summed E-state index contributed by atoms with van der Waals surface area (Å²) < 4.78 is 51.3. The fourth-order valence-corrected chi connectivity index (χ4v) is 2.31. The molecule has 1 atom stereocenters. The minimum Gasteiger partial charge on any atom is -0.312 e. The standard InChI is InChI=1S/C10H8F4N2S/c1-9(15,10(12,13)14)8-16-6-3-2-5(11)4-7(6)17-8/h2-4H,15H2,1H3. The number of aromatic nitrogens is 1. The van der Waals surface area contributed by atoms with Crippen LogP contribution in [0.1, 0.15) is 11.9 Å². The van der Waals surface area contributed by atoms with Crippen molar-refractivity contribution < 1.29 is 17.6 Å². The molecule has 2 N–H and O–H groups in total. The van der Waals surface area contributed by atoms with E-state index in [-0.39, 0.29) is 5.01 Å². The largest absolute Gasteiger partial charge is 0.412 e. The Labute approximate surface area is 98.1 Å². The number of thiazole rings is 1. The van der Waals surface area contributed by atoms with E-state index in [2.05, 4.69) is 4.98 Å².